The highest BCUT2D eigenvalue weighted by atomic mass is 19.1. The monoisotopic (exact) mass is 264 g/mol. The lowest BCUT2D eigenvalue weighted by atomic mass is 10.1. The van der Waals surface area contributed by atoms with Gasteiger partial charge >= 0.3 is 0 Å². The van der Waals surface area contributed by atoms with Gasteiger partial charge in [-0.05, 0) is 13.0 Å². The van der Waals surface area contributed by atoms with Crippen LogP contribution in [0.25, 0.3) is 0 Å². The number of hydrogen-bond acceptors (Lipinski definition) is 4. The van der Waals surface area contributed by atoms with Crippen molar-refractivity contribution in [3.63, 3.8) is 0 Å². The molecule has 0 aliphatic rings. The first kappa shape index (κ1) is 13.5. The Morgan fingerprint density at radius 2 is 2.32 bits per heavy atom. The van der Waals surface area contributed by atoms with Crippen LogP contribution in [0, 0.1) is 5.82 Å². The highest BCUT2D eigenvalue weighted by molar-refractivity contribution is 5.30. The maximum atomic E-state index is 13.8. The predicted molar refractivity (Wildman–Crippen MR) is 69.4 cm³/mol. The first-order chi connectivity index (χ1) is 9.20. The van der Waals surface area contributed by atoms with E-state index in [1.807, 2.05) is 6.92 Å². The van der Waals surface area contributed by atoms with Crippen LogP contribution in [0.5, 0.6) is 5.75 Å². The number of ether oxygens (including phenoxy) is 1. The lowest BCUT2D eigenvalue weighted by Crippen LogP contribution is -2.24. The number of aromatic nitrogens is 3. The van der Waals surface area contributed by atoms with Crippen molar-refractivity contribution in [1.29, 1.82) is 0 Å². The summed E-state index contributed by atoms with van der Waals surface area (Å²) < 4.78 is 20.5. The van der Waals surface area contributed by atoms with Crippen molar-refractivity contribution < 1.29 is 9.13 Å². The summed E-state index contributed by atoms with van der Waals surface area (Å²) >= 11 is 0. The second-order valence-corrected chi connectivity index (χ2v) is 4.23. The minimum atomic E-state index is -0.264. The zero-order valence-electron chi connectivity index (χ0n) is 11.0. The Kier molecular flexibility index (Phi) is 4.46. The molecule has 0 bridgehead atoms. The van der Waals surface area contributed by atoms with Crippen molar-refractivity contribution in [1.82, 2.24) is 20.3 Å². The molecule has 1 atom stereocenters. The van der Waals surface area contributed by atoms with E-state index < -0.39 is 0 Å². The molecule has 0 saturated carbocycles. The van der Waals surface area contributed by atoms with Gasteiger partial charge in [0.05, 0.1) is 19.9 Å². The van der Waals surface area contributed by atoms with Gasteiger partial charge < -0.3 is 10.1 Å². The summed E-state index contributed by atoms with van der Waals surface area (Å²) in [5, 5.41) is 10.8. The molecule has 6 heteroatoms. The van der Waals surface area contributed by atoms with Gasteiger partial charge in [-0.15, -0.1) is 5.10 Å². The fourth-order valence-corrected chi connectivity index (χ4v) is 1.84. The van der Waals surface area contributed by atoms with Crippen molar-refractivity contribution in [2.24, 2.45) is 0 Å². The van der Waals surface area contributed by atoms with Crippen LogP contribution in [-0.2, 0) is 6.54 Å². The molecule has 0 spiro atoms. The molecule has 0 aliphatic carbocycles. The lowest BCUT2D eigenvalue weighted by Gasteiger charge is -2.15. The van der Waals surface area contributed by atoms with Gasteiger partial charge in [0.15, 0.2) is 0 Å². The third-order valence-corrected chi connectivity index (χ3v) is 2.94. The number of rotatable bonds is 6. The topological polar surface area (TPSA) is 52.0 Å². The van der Waals surface area contributed by atoms with Crippen molar-refractivity contribution in [3.05, 3.63) is 42.0 Å². The van der Waals surface area contributed by atoms with Crippen molar-refractivity contribution in [2.45, 2.75) is 19.5 Å². The Balaban J connectivity index is 1.90. The molecule has 1 heterocycles. The Bertz CT molecular complexity index is 515. The van der Waals surface area contributed by atoms with Gasteiger partial charge in [-0.1, -0.05) is 11.3 Å². The van der Waals surface area contributed by atoms with Crippen LogP contribution < -0.4 is 10.1 Å². The molecule has 1 unspecified atom stereocenters. The average Bonchev–Trinajstić information content (AvgIpc) is 2.91. The normalized spacial score (nSPS) is 12.4. The molecule has 19 heavy (non-hydrogen) atoms. The molecule has 1 aromatic carbocycles. The molecule has 0 saturated heterocycles. The van der Waals surface area contributed by atoms with Gasteiger partial charge in [0, 0.05) is 30.4 Å². The predicted octanol–water partition coefficient (Wildman–Crippen LogP) is 1.78. The minimum Gasteiger partial charge on any atom is -0.497 e. The zero-order valence-corrected chi connectivity index (χ0v) is 11.0. The number of nitrogens with one attached hydrogen (secondary N) is 1. The van der Waals surface area contributed by atoms with Crippen molar-refractivity contribution >= 4 is 0 Å². The van der Waals surface area contributed by atoms with E-state index in [0.717, 1.165) is 0 Å². The SMILES string of the molecule is COc1ccc(C(C)NCCn2ccnn2)c(F)c1. The van der Waals surface area contributed by atoms with Crippen LogP contribution in [0.2, 0.25) is 0 Å². The van der Waals surface area contributed by atoms with E-state index in [1.54, 1.807) is 29.2 Å². The van der Waals surface area contributed by atoms with Gasteiger partial charge in [-0.2, -0.15) is 0 Å². The largest absolute Gasteiger partial charge is 0.497 e. The summed E-state index contributed by atoms with van der Waals surface area (Å²) in [6.45, 7) is 3.31. The van der Waals surface area contributed by atoms with E-state index in [-0.39, 0.29) is 11.9 Å². The quantitative estimate of drug-likeness (QED) is 0.864. The van der Waals surface area contributed by atoms with Crippen molar-refractivity contribution in [2.75, 3.05) is 13.7 Å². The molecular weight excluding hydrogens is 247 g/mol. The Hall–Kier alpha value is -1.95. The third kappa shape index (κ3) is 3.51. The number of halogens is 1. The summed E-state index contributed by atoms with van der Waals surface area (Å²) in [6.07, 6.45) is 3.42. The highest BCUT2D eigenvalue weighted by Crippen LogP contribution is 2.21. The fraction of sp³-hybridized carbons (Fsp3) is 0.385. The van der Waals surface area contributed by atoms with E-state index in [9.17, 15) is 4.39 Å². The van der Waals surface area contributed by atoms with E-state index in [0.29, 0.717) is 24.4 Å². The lowest BCUT2D eigenvalue weighted by molar-refractivity contribution is 0.409. The molecule has 0 radical (unpaired) electrons. The number of benzene rings is 1. The Labute approximate surface area is 111 Å². The second-order valence-electron chi connectivity index (χ2n) is 4.23. The van der Waals surface area contributed by atoms with Gasteiger partial charge in [-0.25, -0.2) is 4.39 Å². The van der Waals surface area contributed by atoms with E-state index in [4.69, 9.17) is 4.74 Å². The molecule has 0 amide bonds. The second kappa shape index (κ2) is 6.29. The molecule has 1 aromatic heterocycles. The molecular formula is C13H17FN4O. The third-order valence-electron chi connectivity index (χ3n) is 2.94. The summed E-state index contributed by atoms with van der Waals surface area (Å²) in [4.78, 5) is 0. The number of hydrogen-bond donors (Lipinski definition) is 1. The van der Waals surface area contributed by atoms with Crippen LogP contribution in [0.1, 0.15) is 18.5 Å². The summed E-state index contributed by atoms with van der Waals surface area (Å²) in [5.74, 6) is 0.260. The van der Waals surface area contributed by atoms with Crippen molar-refractivity contribution in [3.8, 4) is 5.75 Å². The van der Waals surface area contributed by atoms with Crippen LogP contribution in [0.15, 0.2) is 30.6 Å². The average molecular weight is 264 g/mol. The summed E-state index contributed by atoms with van der Waals surface area (Å²) in [6, 6.07) is 4.81. The van der Waals surface area contributed by atoms with Gasteiger partial charge in [0.2, 0.25) is 0 Å². The fourth-order valence-electron chi connectivity index (χ4n) is 1.84. The summed E-state index contributed by atoms with van der Waals surface area (Å²) in [5.41, 5.74) is 0.624. The molecule has 1 N–H and O–H groups in total. The zero-order chi connectivity index (χ0) is 13.7. The maximum absolute atomic E-state index is 13.8. The Morgan fingerprint density at radius 3 is 2.95 bits per heavy atom. The van der Waals surface area contributed by atoms with Gasteiger partial charge in [0.25, 0.3) is 0 Å². The Morgan fingerprint density at radius 1 is 1.47 bits per heavy atom. The molecule has 0 aliphatic heterocycles. The first-order valence-electron chi connectivity index (χ1n) is 6.11. The standard InChI is InChI=1S/C13H17FN4O/c1-10(15-5-7-18-8-6-16-17-18)12-4-3-11(19-2)9-13(12)14/h3-4,6,8-10,15H,5,7H2,1-2H3. The number of nitrogens with zero attached hydrogens (tertiary/aromatic N) is 3. The van der Waals surface area contributed by atoms with Crippen LogP contribution in [0.4, 0.5) is 4.39 Å². The smallest absolute Gasteiger partial charge is 0.131 e. The van der Waals surface area contributed by atoms with Crippen LogP contribution in [-0.4, -0.2) is 28.6 Å². The van der Waals surface area contributed by atoms with Crippen LogP contribution in [0.3, 0.4) is 0 Å². The molecule has 2 aromatic rings. The maximum Gasteiger partial charge on any atom is 0.131 e. The molecule has 102 valence electrons. The van der Waals surface area contributed by atoms with E-state index in [1.165, 1.54) is 13.2 Å². The van der Waals surface area contributed by atoms with E-state index >= 15 is 0 Å². The molecule has 2 rings (SSSR count). The summed E-state index contributed by atoms with van der Waals surface area (Å²) in [7, 11) is 1.52. The van der Waals surface area contributed by atoms with Gasteiger partial charge in [0.1, 0.15) is 11.6 Å². The molecule has 0 fully saturated rings. The number of methoxy groups -OCH3 is 1. The van der Waals surface area contributed by atoms with E-state index in [2.05, 4.69) is 15.6 Å². The van der Waals surface area contributed by atoms with Crippen LogP contribution >= 0.6 is 0 Å². The highest BCUT2D eigenvalue weighted by Gasteiger charge is 2.11. The van der Waals surface area contributed by atoms with Gasteiger partial charge in [-0.3, -0.25) is 4.68 Å². The molecule has 5 nitrogen and oxygen atoms in total. The first-order valence-corrected chi connectivity index (χ1v) is 6.11. The minimum absolute atomic E-state index is 0.0746.